The van der Waals surface area contributed by atoms with Crippen LogP contribution in [0.1, 0.15) is 17.3 Å². The van der Waals surface area contributed by atoms with Gasteiger partial charge in [-0.05, 0) is 25.1 Å². The molecule has 0 spiro atoms. The van der Waals surface area contributed by atoms with Crippen LogP contribution in [0.5, 0.6) is 0 Å². The van der Waals surface area contributed by atoms with E-state index in [1.807, 2.05) is 0 Å². The molecule has 0 bridgehead atoms. The average molecular weight is 225 g/mol. The highest BCUT2D eigenvalue weighted by Gasteiger charge is 2.17. The Hall–Kier alpha value is -1.48. The molecule has 3 nitrogen and oxygen atoms in total. The van der Waals surface area contributed by atoms with Crippen LogP contribution in [-0.4, -0.2) is 12.6 Å². The number of esters is 1. The number of fused-ring (bicyclic) bond motifs is 1. The fourth-order valence-corrected chi connectivity index (χ4v) is 1.63. The normalized spacial score (nSPS) is 10.5. The van der Waals surface area contributed by atoms with E-state index in [1.165, 1.54) is 6.26 Å². The molecule has 1 aromatic carbocycles. The lowest BCUT2D eigenvalue weighted by Gasteiger charge is -2.04. The first-order valence-electron chi connectivity index (χ1n) is 4.57. The molecule has 78 valence electrons. The first-order valence-corrected chi connectivity index (χ1v) is 4.94. The zero-order valence-corrected chi connectivity index (χ0v) is 8.88. The fraction of sp³-hybridized carbons (Fsp3) is 0.182. The van der Waals surface area contributed by atoms with Crippen LogP contribution >= 0.6 is 11.6 Å². The monoisotopic (exact) mass is 224 g/mol. The minimum absolute atomic E-state index is 0.293. The number of carbonyl (C=O) groups is 1. The molecular formula is C11H9ClO3. The maximum Gasteiger partial charge on any atom is 0.343 e. The van der Waals surface area contributed by atoms with Crippen LogP contribution in [0.2, 0.25) is 5.02 Å². The van der Waals surface area contributed by atoms with E-state index in [0.29, 0.717) is 22.8 Å². The van der Waals surface area contributed by atoms with E-state index in [0.717, 1.165) is 5.39 Å². The van der Waals surface area contributed by atoms with E-state index in [-0.39, 0.29) is 0 Å². The summed E-state index contributed by atoms with van der Waals surface area (Å²) in [5.41, 5.74) is 0.766. The minimum atomic E-state index is -0.456. The third-order valence-electron chi connectivity index (χ3n) is 2.05. The molecule has 0 radical (unpaired) electrons. The van der Waals surface area contributed by atoms with Gasteiger partial charge in [0.2, 0.25) is 0 Å². The van der Waals surface area contributed by atoms with Crippen molar-refractivity contribution in [3.63, 3.8) is 0 Å². The Morgan fingerprint density at radius 1 is 1.47 bits per heavy atom. The molecule has 0 saturated heterocycles. The highest BCUT2D eigenvalue weighted by atomic mass is 35.5. The van der Waals surface area contributed by atoms with Gasteiger partial charge in [-0.25, -0.2) is 4.79 Å². The topological polar surface area (TPSA) is 39.4 Å². The van der Waals surface area contributed by atoms with Crippen LogP contribution in [0.4, 0.5) is 0 Å². The lowest BCUT2D eigenvalue weighted by Crippen LogP contribution is -2.05. The lowest BCUT2D eigenvalue weighted by molar-refractivity contribution is 0.0527. The van der Waals surface area contributed by atoms with E-state index < -0.39 is 5.97 Å². The van der Waals surface area contributed by atoms with E-state index in [2.05, 4.69) is 0 Å². The quantitative estimate of drug-likeness (QED) is 0.735. The molecule has 0 saturated carbocycles. The van der Waals surface area contributed by atoms with Crippen LogP contribution in [0.3, 0.4) is 0 Å². The number of benzene rings is 1. The van der Waals surface area contributed by atoms with Crippen molar-refractivity contribution in [2.75, 3.05) is 6.61 Å². The second kappa shape index (κ2) is 3.95. The highest BCUT2D eigenvalue weighted by molar-refractivity contribution is 6.35. The van der Waals surface area contributed by atoms with Crippen LogP contribution < -0.4 is 0 Å². The van der Waals surface area contributed by atoms with Gasteiger partial charge in [0.05, 0.1) is 17.9 Å². The van der Waals surface area contributed by atoms with E-state index in [1.54, 1.807) is 25.1 Å². The predicted octanol–water partition coefficient (Wildman–Crippen LogP) is 3.26. The molecule has 2 aromatic rings. The number of ether oxygens (including phenoxy) is 1. The smallest absolute Gasteiger partial charge is 0.343 e. The van der Waals surface area contributed by atoms with Gasteiger partial charge in [-0.3, -0.25) is 0 Å². The van der Waals surface area contributed by atoms with E-state index in [9.17, 15) is 4.79 Å². The zero-order chi connectivity index (χ0) is 10.8. The summed E-state index contributed by atoms with van der Waals surface area (Å²) in [7, 11) is 0. The lowest BCUT2D eigenvalue weighted by atomic mass is 10.1. The highest BCUT2D eigenvalue weighted by Crippen LogP contribution is 2.27. The van der Waals surface area contributed by atoms with Gasteiger partial charge in [0, 0.05) is 5.39 Å². The Labute approximate surface area is 91.6 Å². The van der Waals surface area contributed by atoms with Crippen molar-refractivity contribution in [2.24, 2.45) is 0 Å². The predicted molar refractivity (Wildman–Crippen MR) is 57.2 cm³/mol. The SMILES string of the molecule is CCOC(=O)c1c(Cl)ccc2ccoc12. The van der Waals surface area contributed by atoms with Gasteiger partial charge in [0.25, 0.3) is 0 Å². The Bertz CT molecular complexity index is 502. The summed E-state index contributed by atoms with van der Waals surface area (Å²) < 4.78 is 10.1. The van der Waals surface area contributed by atoms with Gasteiger partial charge < -0.3 is 9.15 Å². The van der Waals surface area contributed by atoms with Gasteiger partial charge in [-0.2, -0.15) is 0 Å². The molecule has 2 rings (SSSR count). The zero-order valence-electron chi connectivity index (χ0n) is 8.12. The van der Waals surface area contributed by atoms with Crippen molar-refractivity contribution in [1.82, 2.24) is 0 Å². The first kappa shape index (κ1) is 10.1. The summed E-state index contributed by atoms with van der Waals surface area (Å²) in [6.07, 6.45) is 1.52. The van der Waals surface area contributed by atoms with Crippen molar-refractivity contribution in [1.29, 1.82) is 0 Å². The molecule has 1 heterocycles. The molecule has 1 aromatic heterocycles. The van der Waals surface area contributed by atoms with Crippen LogP contribution in [0.15, 0.2) is 28.9 Å². The molecule has 0 unspecified atom stereocenters. The van der Waals surface area contributed by atoms with Crippen molar-refractivity contribution in [3.8, 4) is 0 Å². The summed E-state index contributed by atoms with van der Waals surface area (Å²) in [6.45, 7) is 2.06. The number of hydrogen-bond acceptors (Lipinski definition) is 3. The second-order valence-corrected chi connectivity index (χ2v) is 3.39. The van der Waals surface area contributed by atoms with Crippen molar-refractivity contribution in [2.45, 2.75) is 6.92 Å². The van der Waals surface area contributed by atoms with Crippen LogP contribution in [0, 0.1) is 0 Å². The van der Waals surface area contributed by atoms with Crippen molar-refractivity contribution in [3.05, 3.63) is 35.0 Å². The molecule has 0 atom stereocenters. The van der Waals surface area contributed by atoms with Crippen molar-refractivity contribution < 1.29 is 13.9 Å². The molecule has 0 aliphatic carbocycles. The minimum Gasteiger partial charge on any atom is -0.463 e. The molecule has 0 N–H and O–H groups in total. The third kappa shape index (κ3) is 1.70. The number of carbonyl (C=O) groups excluding carboxylic acids is 1. The number of hydrogen-bond donors (Lipinski definition) is 0. The number of rotatable bonds is 2. The standard InChI is InChI=1S/C11H9ClO3/c1-2-14-11(13)9-8(12)4-3-7-5-6-15-10(7)9/h3-6H,2H2,1H3. The molecular weight excluding hydrogens is 216 g/mol. The molecule has 0 aliphatic heterocycles. The molecule has 0 aliphatic rings. The third-order valence-corrected chi connectivity index (χ3v) is 2.37. The van der Waals surface area contributed by atoms with Gasteiger partial charge in [0.1, 0.15) is 11.1 Å². The average Bonchev–Trinajstić information content (AvgIpc) is 2.65. The van der Waals surface area contributed by atoms with Crippen molar-refractivity contribution >= 4 is 28.5 Å². The summed E-state index contributed by atoms with van der Waals surface area (Å²) >= 11 is 5.93. The maximum atomic E-state index is 11.6. The summed E-state index contributed by atoms with van der Waals surface area (Å²) in [5, 5.41) is 1.18. The molecule has 0 fully saturated rings. The van der Waals surface area contributed by atoms with Gasteiger partial charge in [-0.15, -0.1) is 0 Å². The molecule has 15 heavy (non-hydrogen) atoms. The molecule has 0 amide bonds. The molecule has 4 heteroatoms. The Kier molecular flexibility index (Phi) is 2.64. The maximum absolute atomic E-state index is 11.6. The number of furan rings is 1. The van der Waals surface area contributed by atoms with E-state index in [4.69, 9.17) is 20.8 Å². The fourth-order valence-electron chi connectivity index (χ4n) is 1.40. The van der Waals surface area contributed by atoms with E-state index >= 15 is 0 Å². The summed E-state index contributed by atoms with van der Waals surface area (Å²) in [4.78, 5) is 11.6. The number of halogens is 1. The first-order chi connectivity index (χ1) is 7.24. The second-order valence-electron chi connectivity index (χ2n) is 2.98. The van der Waals surface area contributed by atoms with Crippen LogP contribution in [0.25, 0.3) is 11.0 Å². The Morgan fingerprint density at radius 3 is 3.00 bits per heavy atom. The summed E-state index contributed by atoms with van der Waals surface area (Å²) in [6, 6.07) is 5.23. The van der Waals surface area contributed by atoms with Crippen LogP contribution in [-0.2, 0) is 4.74 Å². The Balaban J connectivity index is 2.61. The van der Waals surface area contributed by atoms with Gasteiger partial charge in [-0.1, -0.05) is 11.6 Å². The summed E-state index contributed by atoms with van der Waals surface area (Å²) in [5.74, 6) is -0.456. The van der Waals surface area contributed by atoms with Gasteiger partial charge >= 0.3 is 5.97 Å². The Morgan fingerprint density at radius 2 is 2.27 bits per heavy atom. The largest absolute Gasteiger partial charge is 0.463 e. The van der Waals surface area contributed by atoms with Gasteiger partial charge in [0.15, 0.2) is 0 Å².